The van der Waals surface area contributed by atoms with E-state index in [9.17, 15) is 8.42 Å². The van der Waals surface area contributed by atoms with Gasteiger partial charge in [0.15, 0.2) is 15.0 Å². The average molecular weight is 303 g/mol. The van der Waals surface area contributed by atoms with Gasteiger partial charge in [-0.1, -0.05) is 0 Å². The molecule has 19 heavy (non-hydrogen) atoms. The van der Waals surface area contributed by atoms with E-state index in [0.717, 1.165) is 10.8 Å². The summed E-state index contributed by atoms with van der Waals surface area (Å²) in [6, 6.07) is 0.275. The van der Waals surface area contributed by atoms with Crippen molar-refractivity contribution >= 4 is 26.3 Å². The first kappa shape index (κ1) is 14.7. The minimum absolute atomic E-state index is 0.00189. The molecule has 5 nitrogen and oxygen atoms in total. The van der Waals surface area contributed by atoms with Crippen molar-refractivity contribution in [1.82, 2.24) is 10.3 Å². The summed E-state index contributed by atoms with van der Waals surface area (Å²) >= 11 is 1.66. The molecule has 1 aliphatic heterocycles. The third-order valence-electron chi connectivity index (χ3n) is 3.56. The van der Waals surface area contributed by atoms with Gasteiger partial charge in [-0.2, -0.15) is 0 Å². The van der Waals surface area contributed by atoms with E-state index in [2.05, 4.69) is 22.1 Å². The van der Waals surface area contributed by atoms with Gasteiger partial charge in [-0.05, 0) is 27.8 Å². The Kier molecular flexibility index (Phi) is 4.17. The Balaban J connectivity index is 2.24. The van der Waals surface area contributed by atoms with Crippen LogP contribution in [0.5, 0.6) is 0 Å². The van der Waals surface area contributed by atoms with E-state index in [4.69, 9.17) is 0 Å². The first-order valence-electron chi connectivity index (χ1n) is 6.45. The highest BCUT2D eigenvalue weighted by molar-refractivity contribution is 7.91. The van der Waals surface area contributed by atoms with Gasteiger partial charge in [0.05, 0.1) is 17.2 Å². The van der Waals surface area contributed by atoms with Crippen LogP contribution in [0.2, 0.25) is 0 Å². The van der Waals surface area contributed by atoms with Crippen LogP contribution in [0.1, 0.15) is 30.5 Å². The number of nitrogens with one attached hydrogen (secondary N) is 1. The number of hydrogen-bond donors (Lipinski definition) is 1. The molecule has 2 atom stereocenters. The van der Waals surface area contributed by atoms with Crippen molar-refractivity contribution in [3.05, 3.63) is 10.6 Å². The number of rotatable bonds is 3. The van der Waals surface area contributed by atoms with Crippen LogP contribution in [0.15, 0.2) is 0 Å². The molecule has 1 aromatic heterocycles. The molecule has 0 amide bonds. The number of hydrogen-bond acceptors (Lipinski definition) is 6. The van der Waals surface area contributed by atoms with Crippen LogP contribution < -0.4 is 10.2 Å². The van der Waals surface area contributed by atoms with Crippen LogP contribution in [0.3, 0.4) is 0 Å². The summed E-state index contributed by atoms with van der Waals surface area (Å²) in [6.45, 7) is 6.61. The third kappa shape index (κ3) is 3.09. The number of anilines is 1. The quantitative estimate of drug-likeness (QED) is 0.913. The Bertz CT molecular complexity index is 553. The van der Waals surface area contributed by atoms with E-state index >= 15 is 0 Å². The highest BCUT2D eigenvalue weighted by Crippen LogP contribution is 2.32. The number of aryl methyl sites for hydroxylation is 1. The highest BCUT2D eigenvalue weighted by Gasteiger charge is 2.30. The average Bonchev–Trinajstić information content (AvgIpc) is 2.69. The molecule has 0 bridgehead atoms. The van der Waals surface area contributed by atoms with Gasteiger partial charge >= 0.3 is 0 Å². The summed E-state index contributed by atoms with van der Waals surface area (Å²) in [7, 11) is -0.944. The van der Waals surface area contributed by atoms with Gasteiger partial charge in [-0.15, -0.1) is 11.3 Å². The van der Waals surface area contributed by atoms with E-state index in [1.54, 1.807) is 11.3 Å². The molecule has 108 valence electrons. The van der Waals surface area contributed by atoms with Crippen molar-refractivity contribution in [2.24, 2.45) is 0 Å². The van der Waals surface area contributed by atoms with Crippen molar-refractivity contribution < 1.29 is 8.42 Å². The first-order valence-corrected chi connectivity index (χ1v) is 9.09. The fraction of sp³-hybridized carbons (Fsp3) is 0.750. The Morgan fingerprint density at radius 1 is 1.53 bits per heavy atom. The van der Waals surface area contributed by atoms with E-state index in [1.807, 2.05) is 20.9 Å². The van der Waals surface area contributed by atoms with Crippen LogP contribution in [-0.4, -0.2) is 44.5 Å². The van der Waals surface area contributed by atoms with E-state index < -0.39 is 9.84 Å². The van der Waals surface area contributed by atoms with Gasteiger partial charge in [0.2, 0.25) is 0 Å². The van der Waals surface area contributed by atoms with Gasteiger partial charge in [0.25, 0.3) is 0 Å². The summed E-state index contributed by atoms with van der Waals surface area (Å²) in [6.07, 6.45) is 0. The lowest BCUT2D eigenvalue weighted by Gasteiger charge is -2.32. The van der Waals surface area contributed by atoms with Crippen LogP contribution >= 0.6 is 11.3 Å². The predicted octanol–water partition coefficient (Wildman–Crippen LogP) is 1.36. The van der Waals surface area contributed by atoms with Crippen molar-refractivity contribution in [2.75, 3.05) is 30.0 Å². The number of sulfone groups is 1. The van der Waals surface area contributed by atoms with E-state index in [1.165, 1.54) is 4.88 Å². The molecular formula is C12H21N3O2S2. The topological polar surface area (TPSA) is 62.3 Å². The van der Waals surface area contributed by atoms with Crippen LogP contribution in [0, 0.1) is 6.92 Å². The summed E-state index contributed by atoms with van der Waals surface area (Å²) in [5, 5.41) is 4.16. The SMILES string of the molecule is CNC(C)c1sc(N2CCS(=O)(=O)CC2C)nc1C. The second-order valence-corrected chi connectivity index (χ2v) is 8.35. The standard InChI is InChI=1S/C12H21N3O2S2/c1-8-7-19(16,17)6-5-15(8)12-14-10(3)11(18-12)9(2)13-4/h8-9,13H,5-7H2,1-4H3. The largest absolute Gasteiger partial charge is 0.343 e. The van der Waals surface area contributed by atoms with Crippen molar-refractivity contribution in [3.63, 3.8) is 0 Å². The Morgan fingerprint density at radius 3 is 2.79 bits per heavy atom. The Morgan fingerprint density at radius 2 is 2.21 bits per heavy atom. The highest BCUT2D eigenvalue weighted by atomic mass is 32.2. The molecule has 0 spiro atoms. The molecule has 2 heterocycles. The van der Waals surface area contributed by atoms with E-state index in [0.29, 0.717) is 6.54 Å². The first-order chi connectivity index (χ1) is 8.84. The predicted molar refractivity (Wildman–Crippen MR) is 79.8 cm³/mol. The van der Waals surface area contributed by atoms with Gasteiger partial charge in [0, 0.05) is 23.5 Å². The molecule has 1 aromatic rings. The molecule has 0 aromatic carbocycles. The minimum Gasteiger partial charge on any atom is -0.343 e. The number of nitrogens with zero attached hydrogens (tertiary/aromatic N) is 2. The molecule has 2 unspecified atom stereocenters. The molecule has 0 radical (unpaired) electrons. The zero-order chi connectivity index (χ0) is 14.2. The van der Waals surface area contributed by atoms with Crippen LogP contribution in [0.25, 0.3) is 0 Å². The minimum atomic E-state index is -2.87. The van der Waals surface area contributed by atoms with Crippen molar-refractivity contribution in [2.45, 2.75) is 32.9 Å². The summed E-state index contributed by atoms with van der Waals surface area (Å²) in [4.78, 5) is 7.95. The lowest BCUT2D eigenvalue weighted by atomic mass is 10.2. The third-order valence-corrected chi connectivity index (χ3v) is 6.74. The zero-order valence-corrected chi connectivity index (χ0v) is 13.4. The normalized spacial score (nSPS) is 24.4. The summed E-state index contributed by atoms with van der Waals surface area (Å²) in [5.74, 6) is 0.454. The Hall–Kier alpha value is -0.660. The second-order valence-electron chi connectivity index (χ2n) is 5.11. The molecule has 1 saturated heterocycles. The van der Waals surface area contributed by atoms with Crippen LogP contribution in [0.4, 0.5) is 5.13 Å². The maximum absolute atomic E-state index is 11.6. The van der Waals surface area contributed by atoms with Gasteiger partial charge < -0.3 is 10.2 Å². The number of thiazole rings is 1. The second kappa shape index (κ2) is 5.38. The maximum atomic E-state index is 11.6. The maximum Gasteiger partial charge on any atom is 0.186 e. The van der Waals surface area contributed by atoms with Crippen molar-refractivity contribution in [3.8, 4) is 0 Å². The van der Waals surface area contributed by atoms with Gasteiger partial charge in [0.1, 0.15) is 0 Å². The van der Waals surface area contributed by atoms with Gasteiger partial charge in [-0.3, -0.25) is 0 Å². The molecule has 1 fully saturated rings. The summed E-state index contributed by atoms with van der Waals surface area (Å²) < 4.78 is 23.2. The molecule has 7 heteroatoms. The summed E-state index contributed by atoms with van der Waals surface area (Å²) in [5.41, 5.74) is 1.03. The Labute approximate surface area is 119 Å². The van der Waals surface area contributed by atoms with E-state index in [-0.39, 0.29) is 23.6 Å². The molecule has 0 saturated carbocycles. The van der Waals surface area contributed by atoms with Crippen molar-refractivity contribution in [1.29, 1.82) is 0 Å². The smallest absolute Gasteiger partial charge is 0.186 e. The fourth-order valence-electron chi connectivity index (χ4n) is 2.33. The fourth-order valence-corrected chi connectivity index (χ4v) is 5.14. The zero-order valence-electron chi connectivity index (χ0n) is 11.8. The molecule has 2 rings (SSSR count). The van der Waals surface area contributed by atoms with Crippen LogP contribution in [-0.2, 0) is 9.84 Å². The lowest BCUT2D eigenvalue weighted by molar-refractivity contribution is 0.568. The number of aromatic nitrogens is 1. The molecule has 1 N–H and O–H groups in total. The molecular weight excluding hydrogens is 282 g/mol. The monoisotopic (exact) mass is 303 g/mol. The lowest BCUT2D eigenvalue weighted by Crippen LogP contribution is -2.47. The van der Waals surface area contributed by atoms with Gasteiger partial charge in [-0.25, -0.2) is 13.4 Å². The molecule has 0 aliphatic carbocycles. The molecule has 1 aliphatic rings.